The van der Waals surface area contributed by atoms with Crippen LogP contribution in [-0.4, -0.2) is 10.9 Å². The monoisotopic (exact) mass is 294 g/mol. The number of amides is 1. The number of alkyl halides is 3. The normalized spacial score (nSPS) is 12.8. The molecular weight excluding hydrogens is 281 g/mol. The molecule has 2 aromatic rings. The van der Waals surface area contributed by atoms with Crippen molar-refractivity contribution >= 4 is 5.91 Å². The maximum Gasteiger partial charge on any atom is 0.416 e. The third-order valence-electron chi connectivity index (χ3n) is 2.93. The van der Waals surface area contributed by atoms with Gasteiger partial charge in [-0.15, -0.1) is 0 Å². The summed E-state index contributed by atoms with van der Waals surface area (Å²) in [6, 6.07) is 9.17. The minimum atomic E-state index is -4.47. The second kappa shape index (κ2) is 5.95. The minimum absolute atomic E-state index is 0.0346. The Labute approximate surface area is 119 Å². The molecule has 0 spiro atoms. The van der Waals surface area contributed by atoms with E-state index in [2.05, 4.69) is 10.3 Å². The van der Waals surface area contributed by atoms with Crippen molar-refractivity contribution in [1.29, 1.82) is 0 Å². The molecule has 0 aliphatic rings. The Morgan fingerprint density at radius 3 is 2.57 bits per heavy atom. The Morgan fingerprint density at radius 1 is 1.19 bits per heavy atom. The van der Waals surface area contributed by atoms with E-state index >= 15 is 0 Å². The Hall–Kier alpha value is -2.37. The number of hydrogen-bond donors (Lipinski definition) is 1. The number of aromatic nitrogens is 1. The van der Waals surface area contributed by atoms with E-state index in [0.717, 1.165) is 12.1 Å². The lowest BCUT2D eigenvalue weighted by Gasteiger charge is -2.14. The first kappa shape index (κ1) is 15.0. The number of benzene rings is 1. The summed E-state index contributed by atoms with van der Waals surface area (Å²) in [5.74, 6) is -0.570. The van der Waals surface area contributed by atoms with Gasteiger partial charge in [-0.05, 0) is 37.3 Å². The standard InChI is InChI=1S/C15H13F3N2O/c1-10(13-7-2-3-8-19-13)20-14(21)11-5-4-6-12(9-11)15(16,17)18/h2-10H,1H3,(H,20,21)/t10-/m1/s1. The lowest BCUT2D eigenvalue weighted by atomic mass is 10.1. The summed E-state index contributed by atoms with van der Waals surface area (Å²) in [6.07, 6.45) is -2.88. The molecule has 0 fully saturated rings. The Morgan fingerprint density at radius 2 is 1.95 bits per heavy atom. The fraction of sp³-hybridized carbons (Fsp3) is 0.200. The first-order valence-corrected chi connectivity index (χ1v) is 6.27. The van der Waals surface area contributed by atoms with Gasteiger partial charge in [0.2, 0.25) is 0 Å². The smallest absolute Gasteiger partial charge is 0.344 e. The van der Waals surface area contributed by atoms with E-state index in [9.17, 15) is 18.0 Å². The molecule has 0 aliphatic heterocycles. The molecule has 1 heterocycles. The van der Waals surface area contributed by atoms with E-state index in [1.54, 1.807) is 31.3 Å². The maximum absolute atomic E-state index is 12.6. The van der Waals surface area contributed by atoms with E-state index < -0.39 is 23.7 Å². The molecule has 0 radical (unpaired) electrons. The number of nitrogens with one attached hydrogen (secondary N) is 1. The highest BCUT2D eigenvalue weighted by Crippen LogP contribution is 2.29. The molecule has 6 heteroatoms. The predicted octanol–water partition coefficient (Wildman–Crippen LogP) is 3.59. The fourth-order valence-corrected chi connectivity index (χ4v) is 1.82. The molecule has 0 saturated carbocycles. The van der Waals surface area contributed by atoms with Crippen LogP contribution < -0.4 is 5.32 Å². The molecule has 21 heavy (non-hydrogen) atoms. The van der Waals surface area contributed by atoms with Crippen molar-refractivity contribution in [3.8, 4) is 0 Å². The zero-order valence-corrected chi connectivity index (χ0v) is 11.2. The highest BCUT2D eigenvalue weighted by atomic mass is 19.4. The number of nitrogens with zero attached hydrogens (tertiary/aromatic N) is 1. The van der Waals surface area contributed by atoms with Gasteiger partial charge in [-0.25, -0.2) is 0 Å². The average molecular weight is 294 g/mol. The van der Waals surface area contributed by atoms with Gasteiger partial charge in [0.05, 0.1) is 17.3 Å². The highest BCUT2D eigenvalue weighted by Gasteiger charge is 2.31. The zero-order chi connectivity index (χ0) is 15.5. The molecule has 110 valence electrons. The Bertz CT molecular complexity index is 626. The lowest BCUT2D eigenvalue weighted by molar-refractivity contribution is -0.137. The van der Waals surface area contributed by atoms with Crippen LogP contribution in [0.4, 0.5) is 13.2 Å². The predicted molar refractivity (Wildman–Crippen MR) is 71.6 cm³/mol. The summed E-state index contributed by atoms with van der Waals surface area (Å²) in [7, 11) is 0. The van der Waals surface area contributed by atoms with Crippen LogP contribution in [0.5, 0.6) is 0 Å². The molecule has 1 amide bonds. The largest absolute Gasteiger partial charge is 0.416 e. The van der Waals surface area contributed by atoms with Gasteiger partial charge in [0.1, 0.15) is 0 Å². The van der Waals surface area contributed by atoms with E-state index in [0.29, 0.717) is 5.69 Å². The van der Waals surface area contributed by atoms with Crippen LogP contribution in [0.15, 0.2) is 48.7 Å². The van der Waals surface area contributed by atoms with Crippen LogP contribution >= 0.6 is 0 Å². The molecule has 1 atom stereocenters. The van der Waals surface area contributed by atoms with Crippen LogP contribution in [0.1, 0.15) is 34.6 Å². The summed E-state index contributed by atoms with van der Waals surface area (Å²) in [5.41, 5.74) is -0.244. The van der Waals surface area contributed by atoms with Crippen LogP contribution in [0.3, 0.4) is 0 Å². The number of rotatable bonds is 3. The lowest BCUT2D eigenvalue weighted by Crippen LogP contribution is -2.27. The molecule has 0 saturated heterocycles. The number of halogens is 3. The fourth-order valence-electron chi connectivity index (χ4n) is 1.82. The molecule has 0 bridgehead atoms. The summed E-state index contributed by atoms with van der Waals surface area (Å²) in [5, 5.41) is 2.62. The first-order valence-electron chi connectivity index (χ1n) is 6.27. The third kappa shape index (κ3) is 3.81. The van der Waals surface area contributed by atoms with Gasteiger partial charge < -0.3 is 5.32 Å². The topological polar surface area (TPSA) is 42.0 Å². The van der Waals surface area contributed by atoms with Crippen LogP contribution in [-0.2, 0) is 6.18 Å². The van der Waals surface area contributed by atoms with Gasteiger partial charge in [0, 0.05) is 11.8 Å². The molecule has 0 unspecified atom stereocenters. The van der Waals surface area contributed by atoms with Crippen molar-refractivity contribution in [2.45, 2.75) is 19.1 Å². The SMILES string of the molecule is C[C@@H](NC(=O)c1cccc(C(F)(F)F)c1)c1ccccn1. The molecule has 1 aromatic carbocycles. The molecular formula is C15H13F3N2O. The van der Waals surface area contributed by atoms with Gasteiger partial charge in [-0.1, -0.05) is 12.1 Å². The Kier molecular flexibility index (Phi) is 4.26. The van der Waals surface area contributed by atoms with Crippen LogP contribution in [0, 0.1) is 0 Å². The average Bonchev–Trinajstić information content (AvgIpc) is 2.47. The van der Waals surface area contributed by atoms with Crippen LogP contribution in [0.2, 0.25) is 0 Å². The van der Waals surface area contributed by atoms with Crippen molar-refractivity contribution < 1.29 is 18.0 Å². The maximum atomic E-state index is 12.6. The van der Waals surface area contributed by atoms with E-state index in [-0.39, 0.29) is 5.56 Å². The molecule has 2 rings (SSSR count). The van der Waals surface area contributed by atoms with Crippen molar-refractivity contribution in [2.24, 2.45) is 0 Å². The van der Waals surface area contributed by atoms with E-state index in [1.165, 1.54) is 12.1 Å². The number of carbonyl (C=O) groups excluding carboxylic acids is 1. The highest BCUT2D eigenvalue weighted by molar-refractivity contribution is 5.94. The van der Waals surface area contributed by atoms with Gasteiger partial charge >= 0.3 is 6.18 Å². The van der Waals surface area contributed by atoms with E-state index in [4.69, 9.17) is 0 Å². The van der Waals surface area contributed by atoms with Gasteiger partial charge in [0.15, 0.2) is 0 Å². The summed E-state index contributed by atoms with van der Waals surface area (Å²) in [4.78, 5) is 16.1. The van der Waals surface area contributed by atoms with Crippen molar-refractivity contribution in [3.05, 3.63) is 65.5 Å². The molecule has 3 nitrogen and oxygen atoms in total. The molecule has 1 aromatic heterocycles. The third-order valence-corrected chi connectivity index (χ3v) is 2.93. The second-order valence-electron chi connectivity index (χ2n) is 4.53. The van der Waals surface area contributed by atoms with Gasteiger partial charge in [-0.3, -0.25) is 9.78 Å². The molecule has 1 N–H and O–H groups in total. The summed E-state index contributed by atoms with van der Waals surface area (Å²) >= 11 is 0. The zero-order valence-electron chi connectivity index (χ0n) is 11.2. The second-order valence-corrected chi connectivity index (χ2v) is 4.53. The summed E-state index contributed by atoms with van der Waals surface area (Å²) in [6.45, 7) is 1.72. The number of hydrogen-bond acceptors (Lipinski definition) is 2. The summed E-state index contributed by atoms with van der Waals surface area (Å²) < 4.78 is 37.9. The first-order chi connectivity index (χ1) is 9.88. The van der Waals surface area contributed by atoms with Crippen molar-refractivity contribution in [1.82, 2.24) is 10.3 Å². The van der Waals surface area contributed by atoms with Gasteiger partial charge in [-0.2, -0.15) is 13.2 Å². The van der Waals surface area contributed by atoms with Gasteiger partial charge in [0.25, 0.3) is 5.91 Å². The van der Waals surface area contributed by atoms with Crippen LogP contribution in [0.25, 0.3) is 0 Å². The number of carbonyl (C=O) groups is 1. The minimum Gasteiger partial charge on any atom is -0.344 e. The Balaban J connectivity index is 2.14. The van der Waals surface area contributed by atoms with Crippen molar-refractivity contribution in [3.63, 3.8) is 0 Å². The van der Waals surface area contributed by atoms with Crippen molar-refractivity contribution in [2.75, 3.05) is 0 Å². The molecule has 0 aliphatic carbocycles. The van der Waals surface area contributed by atoms with E-state index in [1.807, 2.05) is 0 Å². The quantitative estimate of drug-likeness (QED) is 0.940. The number of pyridine rings is 1.